The fraction of sp³-hybridized carbons (Fsp3) is 0.189. The van der Waals surface area contributed by atoms with Crippen molar-refractivity contribution in [2.24, 2.45) is 5.92 Å². The predicted molar refractivity (Wildman–Crippen MR) is 167 cm³/mol. The quantitative estimate of drug-likeness (QED) is 0.170. The summed E-state index contributed by atoms with van der Waals surface area (Å²) in [5.41, 5.74) is 5.35. The average Bonchev–Trinajstić information content (AvgIpc) is 3.06. The fourth-order valence-corrected chi connectivity index (χ4v) is 7.17. The lowest BCUT2D eigenvalue weighted by Gasteiger charge is -2.53. The van der Waals surface area contributed by atoms with Crippen molar-refractivity contribution in [3.63, 3.8) is 0 Å². The Morgan fingerprint density at radius 1 is 0.886 bits per heavy atom. The van der Waals surface area contributed by atoms with Crippen LogP contribution >= 0.6 is 0 Å². The molecular formula is C37H31FN2O4. The molecule has 1 unspecified atom stereocenters. The molecule has 220 valence electrons. The van der Waals surface area contributed by atoms with E-state index in [-0.39, 0.29) is 17.8 Å². The Kier molecular flexibility index (Phi) is 7.01. The number of rotatable bonds is 5. The molecule has 0 radical (unpaired) electrons. The van der Waals surface area contributed by atoms with E-state index in [4.69, 9.17) is 9.15 Å². The van der Waals surface area contributed by atoms with Gasteiger partial charge in [0.1, 0.15) is 17.1 Å². The van der Waals surface area contributed by atoms with E-state index in [0.29, 0.717) is 23.4 Å². The molecule has 4 atom stereocenters. The Labute approximate surface area is 254 Å². The van der Waals surface area contributed by atoms with Gasteiger partial charge >= 0.3 is 11.6 Å². The van der Waals surface area contributed by atoms with Gasteiger partial charge in [-0.2, -0.15) is 0 Å². The Morgan fingerprint density at radius 2 is 1.55 bits per heavy atom. The minimum atomic E-state index is -0.478. The molecule has 0 aliphatic carbocycles. The van der Waals surface area contributed by atoms with Gasteiger partial charge in [0, 0.05) is 35.0 Å². The molecule has 7 heteroatoms. The van der Waals surface area contributed by atoms with E-state index in [1.54, 1.807) is 18.2 Å². The first kappa shape index (κ1) is 27.7. The van der Waals surface area contributed by atoms with E-state index in [1.807, 2.05) is 73.7 Å². The molecule has 0 fully saturated rings. The van der Waals surface area contributed by atoms with Gasteiger partial charge in [0.15, 0.2) is 0 Å². The number of hydrogen-bond acceptors (Lipinski definition) is 6. The SMILES string of the molecule is COC(=O)C1=C(C)N(Cc2ccccc2)[C@@H]2c3c(c(=O)oc4ccccc34)N[C@@H](c3ccc(F)cc3)[C@@H]2C1c1ccccc1. The molecule has 1 N–H and O–H groups in total. The summed E-state index contributed by atoms with van der Waals surface area (Å²) in [6.07, 6.45) is 0. The van der Waals surface area contributed by atoms with Crippen LogP contribution in [0.25, 0.3) is 11.0 Å². The van der Waals surface area contributed by atoms with Crippen molar-refractivity contribution in [2.75, 3.05) is 12.4 Å². The van der Waals surface area contributed by atoms with Crippen molar-refractivity contribution in [2.45, 2.75) is 31.5 Å². The first-order valence-corrected chi connectivity index (χ1v) is 14.7. The van der Waals surface area contributed by atoms with Crippen molar-refractivity contribution in [3.8, 4) is 0 Å². The van der Waals surface area contributed by atoms with E-state index >= 15 is 0 Å². The lowest BCUT2D eigenvalue weighted by Crippen LogP contribution is -2.49. The number of carbonyl (C=O) groups excluding carboxylic acids is 1. The molecule has 0 bridgehead atoms. The van der Waals surface area contributed by atoms with Gasteiger partial charge in [-0.25, -0.2) is 14.0 Å². The Balaban J connectivity index is 1.59. The summed E-state index contributed by atoms with van der Waals surface area (Å²) in [4.78, 5) is 29.7. The summed E-state index contributed by atoms with van der Waals surface area (Å²) < 4.78 is 25.5. The Morgan fingerprint density at radius 3 is 2.25 bits per heavy atom. The third kappa shape index (κ3) is 4.56. The number of nitrogens with one attached hydrogen (secondary N) is 1. The number of carbonyl (C=O) groups is 1. The second-order valence-corrected chi connectivity index (χ2v) is 11.4. The summed E-state index contributed by atoms with van der Waals surface area (Å²) in [6.45, 7) is 2.45. The minimum absolute atomic E-state index is 0.318. The number of hydrogen-bond donors (Lipinski definition) is 1. The molecule has 0 saturated heterocycles. The number of esters is 1. The highest BCUT2D eigenvalue weighted by Gasteiger charge is 2.52. The number of ether oxygens (including phenoxy) is 1. The van der Waals surface area contributed by atoms with E-state index in [9.17, 15) is 14.0 Å². The molecule has 44 heavy (non-hydrogen) atoms. The van der Waals surface area contributed by atoms with E-state index < -0.39 is 23.6 Å². The molecule has 4 aromatic carbocycles. The summed E-state index contributed by atoms with van der Waals surface area (Å²) in [7, 11) is 1.41. The number of methoxy groups -OCH3 is 1. The number of nitrogens with zero attached hydrogens (tertiary/aromatic N) is 1. The third-order valence-electron chi connectivity index (χ3n) is 9.04. The van der Waals surface area contributed by atoms with Crippen LogP contribution in [0.5, 0.6) is 0 Å². The molecule has 5 aromatic rings. The normalized spacial score (nSPS) is 20.9. The van der Waals surface area contributed by atoms with Crippen LogP contribution in [-0.2, 0) is 16.1 Å². The highest BCUT2D eigenvalue weighted by atomic mass is 19.1. The molecule has 2 aliphatic heterocycles. The standard InChI is InChI=1S/C37H31FN2O4/c1-22-29(36(41)43-2)30(24-13-7-4-8-14-24)32-33(25-17-19-26(38)20-18-25)39-34-31(27-15-9-10-16-28(27)44-37(34)42)35(32)40(22)21-23-11-5-3-6-12-23/h3-20,30,32-33,35,39H,21H2,1-2H3/t30?,32-,33-,35+/m0/s1. The molecule has 6 nitrogen and oxygen atoms in total. The van der Waals surface area contributed by atoms with Gasteiger partial charge in [-0.15, -0.1) is 0 Å². The summed E-state index contributed by atoms with van der Waals surface area (Å²) in [5, 5.41) is 4.36. The van der Waals surface area contributed by atoms with Crippen LogP contribution in [0.4, 0.5) is 10.1 Å². The average molecular weight is 587 g/mol. The van der Waals surface area contributed by atoms with E-state index in [2.05, 4.69) is 22.3 Å². The molecule has 2 aliphatic rings. The van der Waals surface area contributed by atoms with Crippen LogP contribution in [0, 0.1) is 11.7 Å². The van der Waals surface area contributed by atoms with Crippen LogP contribution in [0.3, 0.4) is 0 Å². The van der Waals surface area contributed by atoms with Crippen molar-refractivity contribution < 1.29 is 18.3 Å². The van der Waals surface area contributed by atoms with Gasteiger partial charge in [-0.05, 0) is 41.8 Å². The molecule has 3 heterocycles. The molecule has 1 aromatic heterocycles. The van der Waals surface area contributed by atoms with E-state index in [1.165, 1.54) is 19.2 Å². The zero-order valence-corrected chi connectivity index (χ0v) is 24.4. The zero-order valence-electron chi connectivity index (χ0n) is 24.4. The second-order valence-electron chi connectivity index (χ2n) is 11.4. The molecule has 0 saturated carbocycles. The monoisotopic (exact) mass is 586 g/mol. The van der Waals surface area contributed by atoms with E-state index in [0.717, 1.165) is 33.3 Å². The Bertz CT molecular complexity index is 1940. The predicted octanol–water partition coefficient (Wildman–Crippen LogP) is 7.50. The molecular weight excluding hydrogens is 555 g/mol. The van der Waals surface area contributed by atoms with Crippen LogP contribution in [0.15, 0.2) is 130 Å². The second kappa shape index (κ2) is 11.2. The van der Waals surface area contributed by atoms with Crippen molar-refractivity contribution in [1.82, 2.24) is 4.90 Å². The molecule has 7 rings (SSSR count). The largest absolute Gasteiger partial charge is 0.466 e. The minimum Gasteiger partial charge on any atom is -0.466 e. The van der Waals surface area contributed by atoms with Gasteiger partial charge in [0.25, 0.3) is 0 Å². The van der Waals surface area contributed by atoms with Crippen LogP contribution in [0.1, 0.15) is 47.2 Å². The van der Waals surface area contributed by atoms with Gasteiger partial charge in [0.2, 0.25) is 0 Å². The summed E-state index contributed by atoms with van der Waals surface area (Å²) in [5.74, 6) is -1.50. The van der Waals surface area contributed by atoms with Crippen molar-refractivity contribution >= 4 is 22.6 Å². The number of para-hydroxylation sites is 1. The maximum atomic E-state index is 14.2. The first-order chi connectivity index (χ1) is 21.5. The lowest BCUT2D eigenvalue weighted by atomic mass is 9.64. The smallest absolute Gasteiger partial charge is 0.360 e. The highest BCUT2D eigenvalue weighted by molar-refractivity contribution is 5.92. The van der Waals surface area contributed by atoms with Crippen LogP contribution in [-0.4, -0.2) is 18.0 Å². The zero-order chi connectivity index (χ0) is 30.4. The third-order valence-corrected chi connectivity index (χ3v) is 9.04. The number of benzene rings is 4. The highest BCUT2D eigenvalue weighted by Crippen LogP contribution is 2.59. The van der Waals surface area contributed by atoms with Gasteiger partial charge < -0.3 is 19.4 Å². The van der Waals surface area contributed by atoms with Crippen molar-refractivity contribution in [3.05, 3.63) is 159 Å². The maximum absolute atomic E-state index is 14.2. The van der Waals surface area contributed by atoms with Gasteiger partial charge in [-0.1, -0.05) is 91.0 Å². The fourth-order valence-electron chi connectivity index (χ4n) is 7.17. The summed E-state index contributed by atoms with van der Waals surface area (Å²) in [6, 6.07) is 33.0. The van der Waals surface area contributed by atoms with Crippen LogP contribution in [0.2, 0.25) is 0 Å². The molecule has 0 spiro atoms. The number of anilines is 1. The van der Waals surface area contributed by atoms with Gasteiger partial charge in [0.05, 0.1) is 24.8 Å². The van der Waals surface area contributed by atoms with Gasteiger partial charge in [-0.3, -0.25) is 0 Å². The first-order valence-electron chi connectivity index (χ1n) is 14.7. The summed E-state index contributed by atoms with van der Waals surface area (Å²) >= 11 is 0. The Hall–Kier alpha value is -5.17. The van der Waals surface area contributed by atoms with Crippen molar-refractivity contribution in [1.29, 1.82) is 0 Å². The number of fused-ring (bicyclic) bond motifs is 5. The lowest BCUT2D eigenvalue weighted by molar-refractivity contribution is -0.137. The molecule has 0 amide bonds. The van der Waals surface area contributed by atoms with Crippen LogP contribution < -0.4 is 10.9 Å². The number of halogens is 1. The topological polar surface area (TPSA) is 71.8 Å². The number of allylic oxidation sites excluding steroid dienone is 1. The maximum Gasteiger partial charge on any atom is 0.360 e.